The summed E-state index contributed by atoms with van der Waals surface area (Å²) in [5.41, 5.74) is 3.49. The molecule has 7 nitrogen and oxygen atoms in total. The van der Waals surface area contributed by atoms with E-state index in [1.807, 2.05) is 0 Å². The van der Waals surface area contributed by atoms with Crippen LogP contribution in [-0.2, 0) is 4.79 Å². The van der Waals surface area contributed by atoms with Crippen molar-refractivity contribution in [2.24, 2.45) is 5.10 Å². The Balaban J connectivity index is 1.88. The number of hydrogen-bond acceptors (Lipinski definition) is 5. The Kier molecular flexibility index (Phi) is 7.34. The Morgan fingerprint density at radius 3 is 2.78 bits per heavy atom. The Hall–Kier alpha value is -2.90. The number of amides is 1. The highest BCUT2D eigenvalue weighted by Gasteiger charge is 2.06. The van der Waals surface area contributed by atoms with Gasteiger partial charge in [-0.25, -0.2) is 5.43 Å². The molecule has 0 heterocycles. The van der Waals surface area contributed by atoms with Crippen LogP contribution in [0.4, 0.5) is 5.69 Å². The van der Waals surface area contributed by atoms with Gasteiger partial charge in [-0.3, -0.25) is 14.9 Å². The molecule has 0 aliphatic carbocycles. The lowest BCUT2D eigenvalue weighted by Gasteiger charge is -2.07. The van der Waals surface area contributed by atoms with Crippen LogP contribution in [0.25, 0.3) is 6.08 Å². The molecule has 140 valence electrons. The topological polar surface area (TPSA) is 93.8 Å². The Labute approximate surface area is 165 Å². The van der Waals surface area contributed by atoms with E-state index in [9.17, 15) is 14.9 Å². The van der Waals surface area contributed by atoms with E-state index in [2.05, 4.69) is 10.5 Å². The fourth-order valence-corrected chi connectivity index (χ4v) is 2.38. The molecule has 0 fully saturated rings. The van der Waals surface area contributed by atoms with Crippen molar-refractivity contribution < 1.29 is 14.5 Å². The first-order valence-electron chi connectivity index (χ1n) is 7.68. The second-order valence-corrected chi connectivity index (χ2v) is 6.18. The lowest BCUT2D eigenvalue weighted by Crippen LogP contribution is -2.25. The minimum absolute atomic E-state index is 0.00180. The number of hydrogen-bond donors (Lipinski definition) is 1. The highest BCUT2D eigenvalue weighted by molar-refractivity contribution is 6.35. The Morgan fingerprint density at radius 1 is 1.30 bits per heavy atom. The van der Waals surface area contributed by atoms with Crippen molar-refractivity contribution in [3.05, 3.63) is 74.3 Å². The van der Waals surface area contributed by atoms with Gasteiger partial charge >= 0.3 is 0 Å². The number of nitro groups is 1. The predicted octanol–water partition coefficient (Wildman–Crippen LogP) is 4.49. The molecule has 0 atom stereocenters. The van der Waals surface area contributed by atoms with Gasteiger partial charge in [0.05, 0.1) is 15.7 Å². The molecule has 2 aromatic carbocycles. The molecule has 0 radical (unpaired) electrons. The summed E-state index contributed by atoms with van der Waals surface area (Å²) >= 11 is 11.7. The lowest BCUT2D eigenvalue weighted by atomic mass is 10.2. The second kappa shape index (κ2) is 9.70. The standard InChI is InChI=1S/C18H15Cl2N3O4/c1-12(5-6-13-3-2-4-15(9-13)23(25)26)21-22-18(24)11-27-17-8-7-14(19)10-16(17)20/h2-10H,11H2,1H3,(H,22,24). The Bertz CT molecular complexity index is 913. The van der Waals surface area contributed by atoms with Gasteiger partial charge in [0.2, 0.25) is 0 Å². The first kappa shape index (κ1) is 20.4. The van der Waals surface area contributed by atoms with Gasteiger partial charge in [0.25, 0.3) is 11.6 Å². The van der Waals surface area contributed by atoms with Crippen molar-refractivity contribution in [1.29, 1.82) is 0 Å². The van der Waals surface area contributed by atoms with Gasteiger partial charge in [-0.2, -0.15) is 5.10 Å². The zero-order chi connectivity index (χ0) is 19.8. The second-order valence-electron chi connectivity index (χ2n) is 5.34. The number of halogens is 2. The number of nitrogens with zero attached hydrogens (tertiary/aromatic N) is 2. The number of benzene rings is 2. The Morgan fingerprint density at radius 2 is 2.07 bits per heavy atom. The first-order chi connectivity index (χ1) is 12.8. The molecule has 0 aliphatic heterocycles. The number of nitro benzene ring substituents is 1. The van der Waals surface area contributed by atoms with Crippen LogP contribution in [0.2, 0.25) is 10.0 Å². The monoisotopic (exact) mass is 407 g/mol. The molecule has 27 heavy (non-hydrogen) atoms. The first-order valence-corrected chi connectivity index (χ1v) is 8.44. The number of hydrazone groups is 1. The lowest BCUT2D eigenvalue weighted by molar-refractivity contribution is -0.384. The summed E-state index contributed by atoms with van der Waals surface area (Å²) in [6.07, 6.45) is 3.28. The van der Waals surface area contributed by atoms with Crippen LogP contribution in [0, 0.1) is 10.1 Å². The number of carbonyl (C=O) groups is 1. The summed E-state index contributed by atoms with van der Waals surface area (Å²) in [4.78, 5) is 22.1. The van der Waals surface area contributed by atoms with Crippen molar-refractivity contribution in [3.63, 3.8) is 0 Å². The normalized spacial score (nSPS) is 11.4. The fourth-order valence-electron chi connectivity index (χ4n) is 1.91. The molecular weight excluding hydrogens is 393 g/mol. The van der Waals surface area contributed by atoms with Gasteiger partial charge in [-0.05, 0) is 36.8 Å². The highest BCUT2D eigenvalue weighted by atomic mass is 35.5. The van der Waals surface area contributed by atoms with Crippen LogP contribution in [0.3, 0.4) is 0 Å². The third-order valence-corrected chi connectivity index (χ3v) is 3.74. The predicted molar refractivity (Wildman–Crippen MR) is 105 cm³/mol. The van der Waals surface area contributed by atoms with Crippen molar-refractivity contribution in [3.8, 4) is 5.75 Å². The van der Waals surface area contributed by atoms with E-state index < -0.39 is 10.8 Å². The SMILES string of the molecule is CC(C=Cc1cccc([N+](=O)[O-])c1)=NNC(=O)COc1ccc(Cl)cc1Cl. The summed E-state index contributed by atoms with van der Waals surface area (Å²) in [5, 5.41) is 15.4. The van der Waals surface area contributed by atoms with Gasteiger partial charge in [0.15, 0.2) is 6.61 Å². The minimum atomic E-state index is -0.468. The fraction of sp³-hybridized carbons (Fsp3) is 0.111. The average molecular weight is 408 g/mol. The highest BCUT2D eigenvalue weighted by Crippen LogP contribution is 2.27. The van der Waals surface area contributed by atoms with Crippen LogP contribution in [0.15, 0.2) is 53.6 Å². The number of rotatable bonds is 7. The van der Waals surface area contributed by atoms with Crippen LogP contribution >= 0.6 is 23.2 Å². The minimum Gasteiger partial charge on any atom is -0.482 e. The molecular formula is C18H15Cl2N3O4. The molecule has 0 bridgehead atoms. The van der Waals surface area contributed by atoms with E-state index in [0.717, 1.165) is 0 Å². The maximum atomic E-state index is 11.8. The molecule has 0 aliphatic rings. The molecule has 1 N–H and O–H groups in total. The van der Waals surface area contributed by atoms with Crippen LogP contribution < -0.4 is 10.2 Å². The largest absolute Gasteiger partial charge is 0.482 e. The van der Waals surface area contributed by atoms with Crippen molar-refractivity contribution in [2.75, 3.05) is 6.61 Å². The molecule has 0 saturated carbocycles. The maximum absolute atomic E-state index is 11.8. The number of allylic oxidation sites excluding steroid dienone is 1. The molecule has 0 aromatic heterocycles. The zero-order valence-corrected chi connectivity index (χ0v) is 15.7. The van der Waals surface area contributed by atoms with E-state index in [4.69, 9.17) is 27.9 Å². The van der Waals surface area contributed by atoms with E-state index in [1.165, 1.54) is 18.2 Å². The number of non-ortho nitro benzene ring substituents is 1. The molecule has 9 heteroatoms. The van der Waals surface area contributed by atoms with Crippen LogP contribution in [-0.4, -0.2) is 23.1 Å². The number of nitrogens with one attached hydrogen (secondary N) is 1. The molecule has 0 spiro atoms. The quantitative estimate of drug-likeness (QED) is 0.415. The molecule has 2 rings (SSSR count). The maximum Gasteiger partial charge on any atom is 0.277 e. The third-order valence-electron chi connectivity index (χ3n) is 3.21. The summed E-state index contributed by atoms with van der Waals surface area (Å²) < 4.78 is 5.30. The zero-order valence-electron chi connectivity index (χ0n) is 14.2. The van der Waals surface area contributed by atoms with Crippen LogP contribution in [0.1, 0.15) is 12.5 Å². The van der Waals surface area contributed by atoms with Gasteiger partial charge in [0.1, 0.15) is 5.75 Å². The number of carbonyl (C=O) groups excluding carboxylic acids is 1. The summed E-state index contributed by atoms with van der Waals surface area (Å²) in [7, 11) is 0. The van der Waals surface area contributed by atoms with E-state index in [1.54, 1.807) is 43.3 Å². The van der Waals surface area contributed by atoms with E-state index in [-0.39, 0.29) is 12.3 Å². The average Bonchev–Trinajstić information content (AvgIpc) is 2.64. The molecule has 1 amide bonds. The van der Waals surface area contributed by atoms with Crippen molar-refractivity contribution in [1.82, 2.24) is 5.43 Å². The summed E-state index contributed by atoms with van der Waals surface area (Å²) in [5.74, 6) is -0.133. The van der Waals surface area contributed by atoms with Gasteiger partial charge in [-0.1, -0.05) is 41.4 Å². The summed E-state index contributed by atoms with van der Waals surface area (Å²) in [6.45, 7) is 1.40. The van der Waals surface area contributed by atoms with Crippen LogP contribution in [0.5, 0.6) is 5.75 Å². The van der Waals surface area contributed by atoms with Crippen molar-refractivity contribution in [2.45, 2.75) is 6.92 Å². The summed E-state index contributed by atoms with van der Waals surface area (Å²) in [6, 6.07) is 10.8. The molecule has 2 aromatic rings. The van der Waals surface area contributed by atoms with Crippen molar-refractivity contribution >= 4 is 46.6 Å². The van der Waals surface area contributed by atoms with E-state index in [0.29, 0.717) is 27.1 Å². The third kappa shape index (κ3) is 6.73. The van der Waals surface area contributed by atoms with Gasteiger partial charge in [-0.15, -0.1) is 0 Å². The number of ether oxygens (including phenoxy) is 1. The molecule has 0 saturated heterocycles. The van der Waals surface area contributed by atoms with Gasteiger partial charge < -0.3 is 4.74 Å². The van der Waals surface area contributed by atoms with Gasteiger partial charge in [0, 0.05) is 17.2 Å². The molecule has 0 unspecified atom stereocenters. The van der Waals surface area contributed by atoms with E-state index >= 15 is 0 Å². The smallest absolute Gasteiger partial charge is 0.277 e.